The molecule has 0 aromatic heterocycles. The second-order valence-electron chi connectivity index (χ2n) is 3.50. The van der Waals surface area contributed by atoms with Crippen LogP contribution >= 0.6 is 0 Å². The molecular formula is C10H14Ti. The van der Waals surface area contributed by atoms with Gasteiger partial charge in [-0.25, -0.2) is 0 Å². The van der Waals surface area contributed by atoms with Crippen molar-refractivity contribution in [1.29, 1.82) is 0 Å². The SMILES string of the molecule is CC1=CC2=C(CCCC2)C1.[Ti]. The van der Waals surface area contributed by atoms with Crippen LogP contribution in [0.4, 0.5) is 0 Å². The summed E-state index contributed by atoms with van der Waals surface area (Å²) in [5.74, 6) is 0. The van der Waals surface area contributed by atoms with Gasteiger partial charge in [0.05, 0.1) is 0 Å². The molecule has 0 N–H and O–H groups in total. The van der Waals surface area contributed by atoms with E-state index in [0.29, 0.717) is 0 Å². The molecule has 11 heavy (non-hydrogen) atoms. The van der Waals surface area contributed by atoms with E-state index in [1.807, 2.05) is 0 Å². The van der Waals surface area contributed by atoms with Crippen LogP contribution in [0.5, 0.6) is 0 Å². The Bertz CT molecular complexity index is 211. The van der Waals surface area contributed by atoms with Crippen LogP contribution in [0.2, 0.25) is 0 Å². The standard InChI is InChI=1S/C10H14.Ti/c1-8-6-9-4-2-3-5-10(9)7-8;/h6H,2-5,7H2,1H3;. The van der Waals surface area contributed by atoms with Crippen molar-refractivity contribution in [1.82, 2.24) is 0 Å². The third kappa shape index (κ3) is 1.86. The first-order chi connectivity index (χ1) is 4.86. The first-order valence-electron chi connectivity index (χ1n) is 4.24. The predicted octanol–water partition coefficient (Wildman–Crippen LogP) is 3.20. The van der Waals surface area contributed by atoms with Gasteiger partial charge in [-0.3, -0.25) is 0 Å². The minimum absolute atomic E-state index is 0. The van der Waals surface area contributed by atoms with E-state index in [0.717, 1.165) is 0 Å². The molecule has 0 bridgehead atoms. The molecular weight excluding hydrogens is 168 g/mol. The van der Waals surface area contributed by atoms with Crippen LogP contribution in [0.3, 0.4) is 0 Å². The summed E-state index contributed by atoms with van der Waals surface area (Å²) < 4.78 is 0. The average Bonchev–Trinajstić information content (AvgIpc) is 2.27. The van der Waals surface area contributed by atoms with E-state index in [2.05, 4.69) is 13.0 Å². The van der Waals surface area contributed by atoms with E-state index in [-0.39, 0.29) is 21.7 Å². The Morgan fingerprint density at radius 3 is 2.64 bits per heavy atom. The Morgan fingerprint density at radius 1 is 1.18 bits per heavy atom. The monoisotopic (exact) mass is 182 g/mol. The molecule has 0 aromatic rings. The molecule has 0 fully saturated rings. The molecule has 0 unspecified atom stereocenters. The molecule has 2 rings (SSSR count). The van der Waals surface area contributed by atoms with Gasteiger partial charge in [0.1, 0.15) is 0 Å². The zero-order chi connectivity index (χ0) is 6.97. The van der Waals surface area contributed by atoms with Crippen molar-refractivity contribution in [3.05, 3.63) is 22.8 Å². The number of allylic oxidation sites excluding steroid dienone is 4. The molecule has 2 aliphatic carbocycles. The molecule has 0 atom stereocenters. The summed E-state index contributed by atoms with van der Waals surface area (Å²) in [6, 6.07) is 0. The second-order valence-corrected chi connectivity index (χ2v) is 3.50. The van der Waals surface area contributed by atoms with Crippen LogP contribution in [0, 0.1) is 0 Å². The fourth-order valence-corrected chi connectivity index (χ4v) is 2.05. The topological polar surface area (TPSA) is 0 Å². The van der Waals surface area contributed by atoms with E-state index in [1.54, 1.807) is 16.7 Å². The van der Waals surface area contributed by atoms with Crippen molar-refractivity contribution < 1.29 is 21.7 Å². The van der Waals surface area contributed by atoms with Gasteiger partial charge in [-0.05, 0) is 44.6 Å². The quantitative estimate of drug-likeness (QED) is 0.504. The van der Waals surface area contributed by atoms with Crippen molar-refractivity contribution in [3.63, 3.8) is 0 Å². The van der Waals surface area contributed by atoms with Crippen LogP contribution in [-0.2, 0) is 21.7 Å². The van der Waals surface area contributed by atoms with Crippen LogP contribution < -0.4 is 0 Å². The van der Waals surface area contributed by atoms with Crippen LogP contribution in [0.1, 0.15) is 39.0 Å². The number of hydrogen-bond acceptors (Lipinski definition) is 0. The van der Waals surface area contributed by atoms with Crippen molar-refractivity contribution in [3.8, 4) is 0 Å². The van der Waals surface area contributed by atoms with E-state index >= 15 is 0 Å². The van der Waals surface area contributed by atoms with Crippen molar-refractivity contribution in [2.24, 2.45) is 0 Å². The maximum absolute atomic E-state index is 2.40. The molecule has 2 aliphatic rings. The maximum atomic E-state index is 2.40. The molecule has 58 valence electrons. The first kappa shape index (κ1) is 9.28. The minimum atomic E-state index is 0. The van der Waals surface area contributed by atoms with E-state index in [1.165, 1.54) is 32.1 Å². The fourth-order valence-electron chi connectivity index (χ4n) is 2.05. The van der Waals surface area contributed by atoms with Gasteiger partial charge in [0.25, 0.3) is 0 Å². The minimum Gasteiger partial charge on any atom is -0.0690 e. The van der Waals surface area contributed by atoms with E-state index in [9.17, 15) is 0 Å². The molecule has 1 heteroatoms. The third-order valence-electron chi connectivity index (χ3n) is 2.54. The van der Waals surface area contributed by atoms with Crippen LogP contribution in [-0.4, -0.2) is 0 Å². The van der Waals surface area contributed by atoms with Crippen molar-refractivity contribution in [2.45, 2.75) is 39.0 Å². The Morgan fingerprint density at radius 2 is 1.91 bits per heavy atom. The summed E-state index contributed by atoms with van der Waals surface area (Å²) in [5, 5.41) is 0. The normalized spacial score (nSPS) is 22.5. The van der Waals surface area contributed by atoms with Crippen molar-refractivity contribution in [2.75, 3.05) is 0 Å². The zero-order valence-corrected chi connectivity index (χ0v) is 8.67. The molecule has 0 amide bonds. The first-order valence-corrected chi connectivity index (χ1v) is 4.24. The van der Waals surface area contributed by atoms with Gasteiger partial charge in [-0.1, -0.05) is 17.2 Å². The number of hydrogen-bond donors (Lipinski definition) is 0. The smallest absolute Gasteiger partial charge is 0 e. The molecule has 0 aromatic carbocycles. The predicted molar refractivity (Wildman–Crippen MR) is 43.9 cm³/mol. The molecule has 0 saturated carbocycles. The summed E-state index contributed by atoms with van der Waals surface area (Å²) in [4.78, 5) is 0. The molecule has 0 nitrogen and oxygen atoms in total. The van der Waals surface area contributed by atoms with Crippen LogP contribution in [0.15, 0.2) is 22.8 Å². The van der Waals surface area contributed by atoms with Gasteiger partial charge in [0.2, 0.25) is 0 Å². The Kier molecular flexibility index (Phi) is 3.15. The molecule has 0 radical (unpaired) electrons. The summed E-state index contributed by atoms with van der Waals surface area (Å²) in [7, 11) is 0. The summed E-state index contributed by atoms with van der Waals surface area (Å²) in [6.45, 7) is 2.25. The van der Waals surface area contributed by atoms with Gasteiger partial charge in [-0.2, -0.15) is 0 Å². The van der Waals surface area contributed by atoms with Gasteiger partial charge < -0.3 is 0 Å². The average molecular weight is 182 g/mol. The number of rotatable bonds is 0. The summed E-state index contributed by atoms with van der Waals surface area (Å²) >= 11 is 0. The van der Waals surface area contributed by atoms with Gasteiger partial charge >= 0.3 is 0 Å². The van der Waals surface area contributed by atoms with Gasteiger partial charge in [-0.15, -0.1) is 0 Å². The van der Waals surface area contributed by atoms with Crippen molar-refractivity contribution >= 4 is 0 Å². The molecule has 0 spiro atoms. The van der Waals surface area contributed by atoms with E-state index in [4.69, 9.17) is 0 Å². The Labute approximate surface area is 83.6 Å². The second kappa shape index (κ2) is 3.73. The fraction of sp³-hybridized carbons (Fsp3) is 0.600. The third-order valence-corrected chi connectivity index (χ3v) is 2.54. The van der Waals surface area contributed by atoms with Gasteiger partial charge in [0.15, 0.2) is 0 Å². The van der Waals surface area contributed by atoms with Crippen LogP contribution in [0.25, 0.3) is 0 Å². The Balaban J connectivity index is 0.000000605. The molecule has 0 heterocycles. The summed E-state index contributed by atoms with van der Waals surface area (Å²) in [6.07, 6.45) is 9.27. The van der Waals surface area contributed by atoms with Gasteiger partial charge in [0, 0.05) is 21.7 Å². The largest absolute Gasteiger partial charge is 0.0690 e. The zero-order valence-electron chi connectivity index (χ0n) is 7.11. The molecule has 0 saturated heterocycles. The molecule has 0 aliphatic heterocycles. The summed E-state index contributed by atoms with van der Waals surface area (Å²) in [5.41, 5.74) is 4.99. The Hall–Kier alpha value is 0.194. The van der Waals surface area contributed by atoms with E-state index < -0.39 is 0 Å². The maximum Gasteiger partial charge on any atom is 0 e.